The molecular weight excluding hydrogens is 174 g/mol. The first-order chi connectivity index (χ1) is 6.70. The maximum absolute atomic E-state index is 9.34. The van der Waals surface area contributed by atoms with Crippen LogP contribution in [0.3, 0.4) is 0 Å². The minimum absolute atomic E-state index is 0.120. The third-order valence-electron chi connectivity index (χ3n) is 2.68. The minimum Gasteiger partial charge on any atom is -0.393 e. The molecule has 0 bridgehead atoms. The number of hydrogen-bond donors (Lipinski definition) is 2. The first kappa shape index (κ1) is 13.9. The van der Waals surface area contributed by atoms with Crippen LogP contribution < -0.4 is 5.32 Å². The van der Waals surface area contributed by atoms with Crippen LogP contribution in [0, 0.1) is 0 Å². The van der Waals surface area contributed by atoms with Gasteiger partial charge in [-0.05, 0) is 32.7 Å². The zero-order chi connectivity index (χ0) is 10.8. The number of nitrogens with one attached hydrogen (secondary N) is 1. The van der Waals surface area contributed by atoms with E-state index in [0.717, 1.165) is 19.4 Å². The maximum atomic E-state index is 9.34. The molecule has 0 aliphatic carbocycles. The zero-order valence-electron chi connectivity index (χ0n) is 10.1. The zero-order valence-corrected chi connectivity index (χ0v) is 10.1. The molecule has 0 spiro atoms. The van der Waals surface area contributed by atoms with Gasteiger partial charge in [-0.25, -0.2) is 0 Å². The van der Waals surface area contributed by atoms with E-state index >= 15 is 0 Å². The van der Waals surface area contributed by atoms with Gasteiger partial charge in [0.2, 0.25) is 0 Å². The van der Waals surface area contributed by atoms with Crippen LogP contribution in [0.5, 0.6) is 0 Å². The van der Waals surface area contributed by atoms with Crippen molar-refractivity contribution in [2.24, 2.45) is 0 Å². The highest BCUT2D eigenvalue weighted by atomic mass is 16.3. The van der Waals surface area contributed by atoms with Gasteiger partial charge in [-0.15, -0.1) is 0 Å². The van der Waals surface area contributed by atoms with Crippen molar-refractivity contribution >= 4 is 0 Å². The van der Waals surface area contributed by atoms with Crippen molar-refractivity contribution in [1.29, 1.82) is 0 Å². The van der Waals surface area contributed by atoms with Gasteiger partial charge in [0.15, 0.2) is 0 Å². The van der Waals surface area contributed by atoms with Gasteiger partial charge in [0.25, 0.3) is 0 Å². The van der Waals surface area contributed by atoms with E-state index < -0.39 is 0 Å². The van der Waals surface area contributed by atoms with E-state index in [0.29, 0.717) is 6.04 Å². The Kier molecular flexibility index (Phi) is 9.42. The summed E-state index contributed by atoms with van der Waals surface area (Å²) in [5.41, 5.74) is 0. The summed E-state index contributed by atoms with van der Waals surface area (Å²) < 4.78 is 0. The Balaban J connectivity index is 3.21. The van der Waals surface area contributed by atoms with E-state index in [4.69, 9.17) is 0 Å². The second-order valence-electron chi connectivity index (χ2n) is 4.20. The predicted molar refractivity (Wildman–Crippen MR) is 62.5 cm³/mol. The van der Waals surface area contributed by atoms with Crippen LogP contribution >= 0.6 is 0 Å². The summed E-state index contributed by atoms with van der Waals surface area (Å²) >= 11 is 0. The Morgan fingerprint density at radius 3 is 2.43 bits per heavy atom. The Labute approximate surface area is 89.1 Å². The van der Waals surface area contributed by atoms with Crippen LogP contribution in [0.1, 0.15) is 59.3 Å². The molecule has 0 aromatic heterocycles. The molecule has 2 nitrogen and oxygen atoms in total. The van der Waals surface area contributed by atoms with Gasteiger partial charge in [0, 0.05) is 6.04 Å². The molecule has 2 atom stereocenters. The van der Waals surface area contributed by atoms with Gasteiger partial charge in [-0.3, -0.25) is 0 Å². The molecule has 0 aliphatic heterocycles. The third-order valence-corrected chi connectivity index (χ3v) is 2.68. The summed E-state index contributed by atoms with van der Waals surface area (Å²) in [4.78, 5) is 0. The highest BCUT2D eigenvalue weighted by Gasteiger charge is 2.03. The average Bonchev–Trinajstić information content (AvgIpc) is 2.18. The summed E-state index contributed by atoms with van der Waals surface area (Å²) in [6.45, 7) is 7.43. The van der Waals surface area contributed by atoms with E-state index in [9.17, 15) is 5.11 Å². The Hall–Kier alpha value is -0.0800. The smallest absolute Gasteiger partial charge is 0.0549 e. The molecule has 0 aromatic carbocycles. The number of hydrogen-bond acceptors (Lipinski definition) is 2. The van der Waals surface area contributed by atoms with Gasteiger partial charge in [-0.2, -0.15) is 0 Å². The molecule has 0 rings (SSSR count). The molecule has 0 saturated heterocycles. The molecule has 0 fully saturated rings. The fourth-order valence-electron chi connectivity index (χ4n) is 1.50. The van der Waals surface area contributed by atoms with Crippen LogP contribution in [0.15, 0.2) is 0 Å². The standard InChI is InChI=1S/C12H27NO/c1-4-6-7-8-11(3)13-10-9-12(14)5-2/h11-14H,4-10H2,1-3H3. The molecule has 0 heterocycles. The van der Waals surface area contributed by atoms with Crippen LogP contribution in [0.25, 0.3) is 0 Å². The fraction of sp³-hybridized carbons (Fsp3) is 1.00. The number of aliphatic hydroxyl groups is 1. The SMILES string of the molecule is CCCCCC(C)NCCC(O)CC. The quantitative estimate of drug-likeness (QED) is 0.562. The Morgan fingerprint density at radius 1 is 1.14 bits per heavy atom. The molecule has 0 saturated carbocycles. The summed E-state index contributed by atoms with van der Waals surface area (Å²) in [7, 11) is 0. The molecule has 0 amide bonds. The summed E-state index contributed by atoms with van der Waals surface area (Å²) in [6.07, 6.45) is 6.84. The molecule has 0 aliphatic rings. The highest BCUT2D eigenvalue weighted by molar-refractivity contribution is 4.62. The van der Waals surface area contributed by atoms with Gasteiger partial charge in [0.1, 0.15) is 0 Å². The van der Waals surface area contributed by atoms with Crippen LogP contribution in [-0.2, 0) is 0 Å². The summed E-state index contributed by atoms with van der Waals surface area (Å²) in [5.74, 6) is 0. The maximum Gasteiger partial charge on any atom is 0.0549 e. The van der Waals surface area contributed by atoms with Crippen LogP contribution in [0.4, 0.5) is 0 Å². The highest BCUT2D eigenvalue weighted by Crippen LogP contribution is 2.03. The number of rotatable bonds is 9. The average molecular weight is 201 g/mol. The first-order valence-corrected chi connectivity index (χ1v) is 6.12. The van der Waals surface area contributed by atoms with Crippen LogP contribution in [-0.4, -0.2) is 23.8 Å². The van der Waals surface area contributed by atoms with Crippen molar-refractivity contribution in [3.63, 3.8) is 0 Å². The van der Waals surface area contributed by atoms with E-state index in [1.807, 2.05) is 6.92 Å². The molecule has 0 radical (unpaired) electrons. The minimum atomic E-state index is -0.120. The van der Waals surface area contributed by atoms with Crippen LogP contribution in [0.2, 0.25) is 0 Å². The topological polar surface area (TPSA) is 32.3 Å². The predicted octanol–water partition coefficient (Wildman–Crippen LogP) is 2.71. The Bertz CT molecular complexity index is 117. The van der Waals surface area contributed by atoms with Gasteiger partial charge in [-0.1, -0.05) is 33.1 Å². The first-order valence-electron chi connectivity index (χ1n) is 6.12. The second-order valence-corrected chi connectivity index (χ2v) is 4.20. The molecule has 86 valence electrons. The van der Waals surface area contributed by atoms with Crippen molar-refractivity contribution in [2.45, 2.75) is 71.4 Å². The van der Waals surface area contributed by atoms with Gasteiger partial charge < -0.3 is 10.4 Å². The lowest BCUT2D eigenvalue weighted by atomic mass is 10.1. The lowest BCUT2D eigenvalue weighted by molar-refractivity contribution is 0.158. The molecule has 0 aromatic rings. The van der Waals surface area contributed by atoms with Crippen molar-refractivity contribution in [2.75, 3.05) is 6.54 Å². The monoisotopic (exact) mass is 201 g/mol. The summed E-state index contributed by atoms with van der Waals surface area (Å²) in [6, 6.07) is 0.602. The lowest BCUT2D eigenvalue weighted by Gasteiger charge is -2.14. The van der Waals surface area contributed by atoms with E-state index in [-0.39, 0.29) is 6.10 Å². The molecule has 2 unspecified atom stereocenters. The van der Waals surface area contributed by atoms with E-state index in [2.05, 4.69) is 19.2 Å². The normalized spacial score (nSPS) is 15.4. The van der Waals surface area contributed by atoms with E-state index in [1.54, 1.807) is 0 Å². The largest absolute Gasteiger partial charge is 0.393 e. The molecule has 14 heavy (non-hydrogen) atoms. The summed E-state index contributed by atoms with van der Waals surface area (Å²) in [5, 5.41) is 12.8. The van der Waals surface area contributed by atoms with Gasteiger partial charge >= 0.3 is 0 Å². The van der Waals surface area contributed by atoms with Crippen molar-refractivity contribution < 1.29 is 5.11 Å². The lowest BCUT2D eigenvalue weighted by Crippen LogP contribution is -2.29. The fourth-order valence-corrected chi connectivity index (χ4v) is 1.50. The van der Waals surface area contributed by atoms with Crippen molar-refractivity contribution in [3.05, 3.63) is 0 Å². The number of aliphatic hydroxyl groups excluding tert-OH is 1. The molecule has 2 heteroatoms. The van der Waals surface area contributed by atoms with E-state index in [1.165, 1.54) is 25.7 Å². The number of unbranched alkanes of at least 4 members (excludes halogenated alkanes) is 2. The molecular formula is C12H27NO. The Morgan fingerprint density at radius 2 is 1.86 bits per heavy atom. The van der Waals surface area contributed by atoms with Crippen molar-refractivity contribution in [3.8, 4) is 0 Å². The third kappa shape index (κ3) is 8.52. The van der Waals surface area contributed by atoms with Crippen molar-refractivity contribution in [1.82, 2.24) is 5.32 Å². The molecule has 2 N–H and O–H groups in total. The second kappa shape index (κ2) is 9.47. The van der Waals surface area contributed by atoms with Gasteiger partial charge in [0.05, 0.1) is 6.10 Å².